The van der Waals surface area contributed by atoms with Crippen LogP contribution in [0.15, 0.2) is 54.6 Å². The Hall–Kier alpha value is -2.08. The Labute approximate surface area is 141 Å². The molecule has 5 nitrogen and oxygen atoms in total. The summed E-state index contributed by atoms with van der Waals surface area (Å²) in [5.74, 6) is 0.774. The summed E-state index contributed by atoms with van der Waals surface area (Å²) in [6.07, 6.45) is -0.352. The molecule has 0 aliphatic carbocycles. The van der Waals surface area contributed by atoms with E-state index in [-0.39, 0.29) is 24.4 Å². The van der Waals surface area contributed by atoms with Crippen molar-refractivity contribution in [2.75, 3.05) is 18.9 Å². The van der Waals surface area contributed by atoms with E-state index in [0.29, 0.717) is 19.8 Å². The second kappa shape index (κ2) is 6.81. The van der Waals surface area contributed by atoms with Crippen molar-refractivity contribution < 1.29 is 18.9 Å². The maximum Gasteiger partial charge on any atom is 0.151 e. The number of fused-ring (bicyclic) bond motifs is 1. The molecule has 2 N–H and O–H groups in total. The summed E-state index contributed by atoms with van der Waals surface area (Å²) >= 11 is 0. The van der Waals surface area contributed by atoms with Crippen molar-refractivity contribution in [1.82, 2.24) is 0 Å². The zero-order valence-electron chi connectivity index (χ0n) is 13.3. The van der Waals surface area contributed by atoms with Crippen molar-refractivity contribution in [3.05, 3.63) is 60.2 Å². The molecule has 0 radical (unpaired) electrons. The number of nitrogens with two attached hydrogens (primary N) is 1. The Morgan fingerprint density at radius 3 is 2.29 bits per heavy atom. The van der Waals surface area contributed by atoms with Gasteiger partial charge in [-0.25, -0.2) is 0 Å². The summed E-state index contributed by atoms with van der Waals surface area (Å²) in [6, 6.07) is 17.5. The van der Waals surface area contributed by atoms with Gasteiger partial charge in [0, 0.05) is 5.69 Å². The minimum Gasteiger partial charge on any atom is -0.485 e. The smallest absolute Gasteiger partial charge is 0.151 e. The fourth-order valence-electron chi connectivity index (χ4n) is 3.17. The number of rotatable bonds is 5. The van der Waals surface area contributed by atoms with Crippen LogP contribution in [0.5, 0.6) is 5.75 Å². The van der Waals surface area contributed by atoms with E-state index in [4.69, 9.17) is 24.7 Å². The number of hydrogen-bond donors (Lipinski definition) is 1. The Kier molecular flexibility index (Phi) is 4.38. The Morgan fingerprint density at radius 2 is 1.54 bits per heavy atom. The quantitative estimate of drug-likeness (QED) is 0.855. The van der Waals surface area contributed by atoms with Gasteiger partial charge in [0.05, 0.1) is 19.8 Å². The van der Waals surface area contributed by atoms with E-state index in [1.54, 1.807) is 0 Å². The van der Waals surface area contributed by atoms with Gasteiger partial charge in [-0.2, -0.15) is 0 Å². The molecule has 0 aromatic heterocycles. The van der Waals surface area contributed by atoms with Crippen molar-refractivity contribution >= 4 is 5.69 Å². The van der Waals surface area contributed by atoms with E-state index in [1.807, 2.05) is 42.5 Å². The zero-order chi connectivity index (χ0) is 16.4. The lowest BCUT2D eigenvalue weighted by Crippen LogP contribution is -2.35. The molecule has 2 aromatic rings. The molecule has 2 aromatic carbocycles. The van der Waals surface area contributed by atoms with Crippen molar-refractivity contribution in [1.29, 1.82) is 0 Å². The number of benzene rings is 2. The number of ether oxygens (including phenoxy) is 4. The molecule has 0 saturated carbocycles. The summed E-state index contributed by atoms with van der Waals surface area (Å²) in [7, 11) is 0. The molecule has 0 spiro atoms. The molecule has 2 saturated heterocycles. The summed E-state index contributed by atoms with van der Waals surface area (Å²) in [5.41, 5.74) is 7.56. The van der Waals surface area contributed by atoms with Gasteiger partial charge in [-0.3, -0.25) is 0 Å². The predicted octanol–water partition coefficient (Wildman–Crippen LogP) is 2.40. The highest BCUT2D eigenvalue weighted by Gasteiger charge is 2.49. The molecule has 24 heavy (non-hydrogen) atoms. The molecule has 5 heteroatoms. The average Bonchev–Trinajstić information content (AvgIpc) is 3.19. The molecule has 2 heterocycles. The van der Waals surface area contributed by atoms with Crippen molar-refractivity contribution in [2.24, 2.45) is 0 Å². The summed E-state index contributed by atoms with van der Waals surface area (Å²) < 4.78 is 23.8. The van der Waals surface area contributed by atoms with Crippen LogP contribution < -0.4 is 10.5 Å². The van der Waals surface area contributed by atoms with Gasteiger partial charge < -0.3 is 24.7 Å². The maximum absolute atomic E-state index is 6.00. The SMILES string of the molecule is Nc1ccc(O[C@@H]2CO[C@H]3[C@@H]2OC[C@H]3OCc2ccccc2)cc1. The van der Waals surface area contributed by atoms with Gasteiger partial charge in [-0.15, -0.1) is 0 Å². The van der Waals surface area contributed by atoms with Crippen LogP contribution in [0.1, 0.15) is 5.56 Å². The molecule has 2 aliphatic heterocycles. The van der Waals surface area contributed by atoms with Crippen molar-refractivity contribution in [3.63, 3.8) is 0 Å². The van der Waals surface area contributed by atoms with Crippen LogP contribution >= 0.6 is 0 Å². The molecule has 0 unspecified atom stereocenters. The average molecular weight is 327 g/mol. The van der Waals surface area contributed by atoms with Gasteiger partial charge in [-0.05, 0) is 29.8 Å². The minimum absolute atomic E-state index is 0.0600. The highest BCUT2D eigenvalue weighted by atomic mass is 16.6. The fraction of sp³-hybridized carbons (Fsp3) is 0.368. The second-order valence-corrected chi connectivity index (χ2v) is 6.16. The van der Waals surface area contributed by atoms with E-state index in [9.17, 15) is 0 Å². The van der Waals surface area contributed by atoms with Gasteiger partial charge in [0.2, 0.25) is 0 Å². The minimum atomic E-state index is -0.121. The molecule has 0 amide bonds. The first-order valence-corrected chi connectivity index (χ1v) is 8.20. The zero-order valence-corrected chi connectivity index (χ0v) is 13.3. The molecule has 0 bridgehead atoms. The lowest BCUT2D eigenvalue weighted by molar-refractivity contribution is -0.0425. The van der Waals surface area contributed by atoms with Gasteiger partial charge in [0.15, 0.2) is 6.10 Å². The summed E-state index contributed by atoms with van der Waals surface area (Å²) in [5, 5.41) is 0. The number of anilines is 1. The van der Waals surface area contributed by atoms with Gasteiger partial charge in [0.25, 0.3) is 0 Å². The maximum atomic E-state index is 6.00. The van der Waals surface area contributed by atoms with Gasteiger partial charge >= 0.3 is 0 Å². The summed E-state index contributed by atoms with van der Waals surface area (Å²) in [6.45, 7) is 1.60. The third-order valence-electron chi connectivity index (χ3n) is 4.44. The normalized spacial score (nSPS) is 28.7. The van der Waals surface area contributed by atoms with E-state index in [2.05, 4.69) is 12.1 Å². The molecular weight excluding hydrogens is 306 g/mol. The first kappa shape index (κ1) is 15.4. The Morgan fingerprint density at radius 1 is 0.875 bits per heavy atom. The summed E-state index contributed by atoms with van der Waals surface area (Å²) in [4.78, 5) is 0. The molecular formula is C19H21NO4. The molecule has 2 fully saturated rings. The van der Waals surface area contributed by atoms with E-state index >= 15 is 0 Å². The van der Waals surface area contributed by atoms with Crippen LogP contribution in [0, 0.1) is 0 Å². The van der Waals surface area contributed by atoms with Crippen molar-refractivity contribution in [2.45, 2.75) is 31.0 Å². The van der Waals surface area contributed by atoms with Crippen LogP contribution in [0.2, 0.25) is 0 Å². The third-order valence-corrected chi connectivity index (χ3v) is 4.44. The largest absolute Gasteiger partial charge is 0.485 e. The first-order valence-electron chi connectivity index (χ1n) is 8.20. The lowest BCUT2D eigenvalue weighted by atomic mass is 10.1. The second-order valence-electron chi connectivity index (χ2n) is 6.16. The Bertz CT molecular complexity index is 661. The molecule has 4 rings (SSSR count). The van der Waals surface area contributed by atoms with E-state index in [0.717, 1.165) is 17.0 Å². The van der Waals surface area contributed by atoms with Gasteiger partial charge in [0.1, 0.15) is 24.1 Å². The topological polar surface area (TPSA) is 62.9 Å². The standard InChI is InChI=1S/C19H21NO4/c20-14-6-8-15(9-7-14)24-17-12-23-18-16(11-22-19(17)18)21-10-13-4-2-1-3-5-13/h1-9,16-19H,10-12,20H2/t16-,17-,18-,19-/m1/s1. The number of nitrogen functional groups attached to an aromatic ring is 1. The molecule has 126 valence electrons. The van der Waals surface area contributed by atoms with E-state index < -0.39 is 0 Å². The lowest BCUT2D eigenvalue weighted by Gasteiger charge is -2.18. The van der Waals surface area contributed by atoms with Crippen LogP contribution in [0.4, 0.5) is 5.69 Å². The molecule has 4 atom stereocenters. The highest BCUT2D eigenvalue weighted by molar-refractivity contribution is 5.41. The predicted molar refractivity (Wildman–Crippen MR) is 89.8 cm³/mol. The van der Waals surface area contributed by atoms with Crippen LogP contribution in [0.3, 0.4) is 0 Å². The van der Waals surface area contributed by atoms with Crippen molar-refractivity contribution in [3.8, 4) is 5.75 Å². The monoisotopic (exact) mass is 327 g/mol. The number of hydrogen-bond acceptors (Lipinski definition) is 5. The van der Waals surface area contributed by atoms with E-state index in [1.165, 1.54) is 0 Å². The third kappa shape index (κ3) is 3.24. The van der Waals surface area contributed by atoms with Crippen LogP contribution in [-0.4, -0.2) is 37.6 Å². The first-order chi connectivity index (χ1) is 11.8. The highest BCUT2D eigenvalue weighted by Crippen LogP contribution is 2.32. The fourth-order valence-corrected chi connectivity index (χ4v) is 3.17. The van der Waals surface area contributed by atoms with Gasteiger partial charge in [-0.1, -0.05) is 30.3 Å². The van der Waals surface area contributed by atoms with Crippen LogP contribution in [-0.2, 0) is 20.8 Å². The van der Waals surface area contributed by atoms with Crippen LogP contribution in [0.25, 0.3) is 0 Å². The Balaban J connectivity index is 1.34. The molecule has 2 aliphatic rings.